The molecule has 0 fully saturated rings. The Bertz CT molecular complexity index is 440. The molecule has 0 heterocycles. The van der Waals surface area contributed by atoms with Crippen molar-refractivity contribution in [3.05, 3.63) is 35.4 Å². The lowest BCUT2D eigenvalue weighted by Crippen LogP contribution is -2.10. The van der Waals surface area contributed by atoms with E-state index in [0.717, 1.165) is 35.7 Å². The summed E-state index contributed by atoms with van der Waals surface area (Å²) in [4.78, 5) is 0. The smallest absolute Gasteiger partial charge is 0.154 e. The predicted molar refractivity (Wildman–Crippen MR) is 76.3 cm³/mol. The number of hydrogen-bond acceptors (Lipinski definition) is 2. The van der Waals surface area contributed by atoms with Crippen LogP contribution in [0.1, 0.15) is 30.4 Å². The van der Waals surface area contributed by atoms with Crippen LogP contribution in [0.2, 0.25) is 0 Å². The third kappa shape index (κ3) is 5.68. The summed E-state index contributed by atoms with van der Waals surface area (Å²) in [7, 11) is -2.95. The van der Waals surface area contributed by atoms with Crippen LogP contribution in [-0.2, 0) is 15.6 Å². The average Bonchev–Trinajstić information content (AvgIpc) is 2.28. The number of hydrogen-bond donors (Lipinski definition) is 0. The molecule has 0 saturated carbocycles. The molecule has 0 aromatic heterocycles. The highest BCUT2D eigenvalue weighted by molar-refractivity contribution is 9.09. The number of halogens is 1. The molecule has 0 unspecified atom stereocenters. The van der Waals surface area contributed by atoms with Crippen LogP contribution in [0.4, 0.5) is 0 Å². The van der Waals surface area contributed by atoms with Gasteiger partial charge in [-0.15, -0.1) is 0 Å². The van der Waals surface area contributed by atoms with E-state index in [4.69, 9.17) is 0 Å². The monoisotopic (exact) mass is 318 g/mol. The van der Waals surface area contributed by atoms with Crippen LogP contribution in [0, 0.1) is 6.92 Å². The Labute approximate surface area is 112 Å². The molecule has 0 aliphatic rings. The molecule has 0 spiro atoms. The maximum Gasteiger partial charge on any atom is 0.154 e. The van der Waals surface area contributed by atoms with Crippen molar-refractivity contribution in [3.8, 4) is 0 Å². The van der Waals surface area contributed by atoms with Gasteiger partial charge in [-0.2, -0.15) is 0 Å². The van der Waals surface area contributed by atoms with E-state index in [1.165, 1.54) is 0 Å². The minimum atomic E-state index is -2.95. The summed E-state index contributed by atoms with van der Waals surface area (Å²) < 4.78 is 23.8. The average molecular weight is 319 g/mol. The Hall–Kier alpha value is -0.350. The van der Waals surface area contributed by atoms with Crippen LogP contribution in [-0.4, -0.2) is 19.5 Å². The van der Waals surface area contributed by atoms with E-state index in [9.17, 15) is 8.42 Å². The molecule has 1 aromatic rings. The summed E-state index contributed by atoms with van der Waals surface area (Å²) >= 11 is 3.34. The van der Waals surface area contributed by atoms with Crippen molar-refractivity contribution in [3.63, 3.8) is 0 Å². The molecule has 0 aliphatic carbocycles. The van der Waals surface area contributed by atoms with Crippen molar-refractivity contribution in [2.75, 3.05) is 11.1 Å². The van der Waals surface area contributed by atoms with E-state index in [2.05, 4.69) is 15.9 Å². The molecule has 0 radical (unpaired) electrons. The molecule has 17 heavy (non-hydrogen) atoms. The summed E-state index contributed by atoms with van der Waals surface area (Å²) in [5.41, 5.74) is 1.98. The fourth-order valence-electron chi connectivity index (χ4n) is 1.67. The van der Waals surface area contributed by atoms with Crippen LogP contribution in [0.25, 0.3) is 0 Å². The molecule has 0 atom stereocenters. The fraction of sp³-hybridized carbons (Fsp3) is 0.538. The first-order valence-electron chi connectivity index (χ1n) is 5.86. The first-order chi connectivity index (χ1) is 8.05. The third-order valence-electron chi connectivity index (χ3n) is 2.73. The standard InChI is InChI=1S/C13H19BrO2S/c1-12-7-3-4-8-13(12)11-17(15,16)10-6-2-5-9-14/h3-4,7-8H,2,5-6,9-11H2,1H3. The topological polar surface area (TPSA) is 34.1 Å². The first-order valence-corrected chi connectivity index (χ1v) is 8.80. The number of unbranched alkanes of at least 4 members (excludes halogenated alkanes) is 2. The predicted octanol–water partition coefficient (Wildman–Crippen LogP) is 3.48. The van der Waals surface area contributed by atoms with Crippen molar-refractivity contribution >= 4 is 25.8 Å². The second-order valence-corrected chi connectivity index (χ2v) is 7.25. The zero-order chi connectivity index (χ0) is 12.7. The summed E-state index contributed by atoms with van der Waals surface area (Å²) in [6, 6.07) is 7.67. The van der Waals surface area contributed by atoms with E-state index in [0.29, 0.717) is 5.75 Å². The van der Waals surface area contributed by atoms with Gasteiger partial charge >= 0.3 is 0 Å². The zero-order valence-electron chi connectivity index (χ0n) is 10.2. The van der Waals surface area contributed by atoms with Crippen LogP contribution < -0.4 is 0 Å². The normalized spacial score (nSPS) is 11.6. The quantitative estimate of drug-likeness (QED) is 0.570. The minimum absolute atomic E-state index is 0.175. The van der Waals surface area contributed by atoms with Gasteiger partial charge in [0.2, 0.25) is 0 Å². The minimum Gasteiger partial charge on any atom is -0.228 e. The summed E-state index contributed by atoms with van der Waals surface area (Å²) in [6.07, 6.45) is 2.78. The van der Waals surface area contributed by atoms with Crippen molar-refractivity contribution in [1.29, 1.82) is 0 Å². The lowest BCUT2D eigenvalue weighted by Gasteiger charge is -2.06. The van der Waals surface area contributed by atoms with Crippen molar-refractivity contribution in [1.82, 2.24) is 0 Å². The lowest BCUT2D eigenvalue weighted by molar-refractivity contribution is 0.590. The molecule has 4 heteroatoms. The maximum absolute atomic E-state index is 11.9. The number of benzene rings is 1. The first kappa shape index (κ1) is 14.7. The van der Waals surface area contributed by atoms with Gasteiger partial charge in [0.25, 0.3) is 0 Å². The molecule has 0 aliphatic heterocycles. The Balaban J connectivity index is 2.52. The second kappa shape index (κ2) is 7.17. The van der Waals surface area contributed by atoms with Crippen LogP contribution in [0.15, 0.2) is 24.3 Å². The number of alkyl halides is 1. The lowest BCUT2D eigenvalue weighted by atomic mass is 10.1. The van der Waals surface area contributed by atoms with Gasteiger partial charge in [-0.25, -0.2) is 8.42 Å². The molecule has 0 amide bonds. The van der Waals surface area contributed by atoms with E-state index in [-0.39, 0.29) is 5.75 Å². The molecule has 2 nitrogen and oxygen atoms in total. The molecule has 0 saturated heterocycles. The van der Waals surface area contributed by atoms with E-state index in [1.54, 1.807) is 0 Å². The van der Waals surface area contributed by atoms with Gasteiger partial charge in [0.1, 0.15) is 0 Å². The molecule has 1 aromatic carbocycles. The van der Waals surface area contributed by atoms with Crippen molar-refractivity contribution < 1.29 is 8.42 Å². The number of sulfone groups is 1. The van der Waals surface area contributed by atoms with E-state index >= 15 is 0 Å². The molecule has 96 valence electrons. The molecular weight excluding hydrogens is 300 g/mol. The Morgan fingerprint density at radius 1 is 1.12 bits per heavy atom. The largest absolute Gasteiger partial charge is 0.228 e. The molecule has 0 N–H and O–H groups in total. The van der Waals surface area contributed by atoms with E-state index in [1.807, 2.05) is 31.2 Å². The SMILES string of the molecule is Cc1ccccc1CS(=O)(=O)CCCCCBr. The van der Waals surface area contributed by atoms with Crippen LogP contribution in [0.5, 0.6) is 0 Å². The highest BCUT2D eigenvalue weighted by Crippen LogP contribution is 2.13. The molecule has 0 bridgehead atoms. The van der Waals surface area contributed by atoms with E-state index < -0.39 is 9.84 Å². The van der Waals surface area contributed by atoms with Gasteiger partial charge in [-0.1, -0.05) is 46.6 Å². The van der Waals surface area contributed by atoms with Gasteiger partial charge < -0.3 is 0 Å². The zero-order valence-corrected chi connectivity index (χ0v) is 12.6. The highest BCUT2D eigenvalue weighted by Gasteiger charge is 2.12. The van der Waals surface area contributed by atoms with Crippen molar-refractivity contribution in [2.45, 2.75) is 31.9 Å². The summed E-state index contributed by atoms with van der Waals surface area (Å²) in [5.74, 6) is 0.475. The van der Waals surface area contributed by atoms with Gasteiger partial charge in [0.05, 0.1) is 11.5 Å². The maximum atomic E-state index is 11.9. The van der Waals surface area contributed by atoms with Gasteiger partial charge in [-0.05, 0) is 30.9 Å². The van der Waals surface area contributed by atoms with Crippen LogP contribution in [0.3, 0.4) is 0 Å². The fourth-order valence-corrected chi connectivity index (χ4v) is 3.66. The summed E-state index contributed by atoms with van der Waals surface area (Å²) in [6.45, 7) is 1.95. The molecular formula is C13H19BrO2S. The van der Waals surface area contributed by atoms with Crippen LogP contribution >= 0.6 is 15.9 Å². The number of rotatable bonds is 7. The third-order valence-corrected chi connectivity index (χ3v) is 4.95. The Kier molecular flexibility index (Phi) is 6.20. The Morgan fingerprint density at radius 3 is 2.47 bits per heavy atom. The second-order valence-electron chi connectivity index (χ2n) is 4.27. The van der Waals surface area contributed by atoms with Crippen molar-refractivity contribution in [2.24, 2.45) is 0 Å². The molecule has 1 rings (SSSR count). The number of aryl methyl sites for hydroxylation is 1. The van der Waals surface area contributed by atoms with Gasteiger partial charge in [0, 0.05) is 5.33 Å². The highest BCUT2D eigenvalue weighted by atomic mass is 79.9. The summed E-state index contributed by atoms with van der Waals surface area (Å²) in [5, 5.41) is 0.949. The van der Waals surface area contributed by atoms with Gasteiger partial charge in [0.15, 0.2) is 9.84 Å². The van der Waals surface area contributed by atoms with Gasteiger partial charge in [-0.3, -0.25) is 0 Å². The Morgan fingerprint density at radius 2 is 1.82 bits per heavy atom.